The molecule has 0 spiro atoms. The molecule has 3 nitrogen and oxygen atoms in total. The van der Waals surface area contributed by atoms with Gasteiger partial charge in [0.2, 0.25) is 0 Å². The van der Waals surface area contributed by atoms with E-state index in [4.69, 9.17) is 4.42 Å². The molecule has 0 bridgehead atoms. The number of carbonyl (C=O) groups is 1. The zero-order valence-corrected chi connectivity index (χ0v) is 14.3. The van der Waals surface area contributed by atoms with Crippen molar-refractivity contribution in [2.24, 2.45) is 0 Å². The normalized spacial score (nSPS) is 11.3. The van der Waals surface area contributed by atoms with Gasteiger partial charge in [0.25, 0.3) is 5.91 Å². The molecule has 0 aliphatic heterocycles. The molecule has 2 aromatic rings. The average Bonchev–Trinajstić information content (AvgIpc) is 2.77. The van der Waals surface area contributed by atoms with Crippen LogP contribution >= 0.6 is 0 Å². The van der Waals surface area contributed by atoms with Gasteiger partial charge in [-0.15, -0.1) is 0 Å². The van der Waals surface area contributed by atoms with Crippen molar-refractivity contribution >= 4 is 11.6 Å². The molecule has 0 aliphatic rings. The molecule has 0 aliphatic carbocycles. The van der Waals surface area contributed by atoms with Crippen molar-refractivity contribution in [2.75, 3.05) is 5.32 Å². The average molecular weight is 299 g/mol. The summed E-state index contributed by atoms with van der Waals surface area (Å²) in [4.78, 5) is 12.6. The number of amides is 1. The lowest BCUT2D eigenvalue weighted by Crippen LogP contribution is -2.16. The van der Waals surface area contributed by atoms with Gasteiger partial charge in [0.1, 0.15) is 11.5 Å². The van der Waals surface area contributed by atoms with Crippen molar-refractivity contribution in [1.82, 2.24) is 0 Å². The second kappa shape index (κ2) is 6.39. The summed E-state index contributed by atoms with van der Waals surface area (Å²) in [5.74, 6) is 2.00. The minimum Gasteiger partial charge on any atom is -0.466 e. The highest BCUT2D eigenvalue weighted by atomic mass is 16.3. The number of aryl methyl sites for hydroxylation is 2. The molecule has 1 aromatic carbocycles. The van der Waals surface area contributed by atoms with Crippen LogP contribution in [0, 0.1) is 13.8 Å². The molecule has 3 heteroatoms. The van der Waals surface area contributed by atoms with Crippen LogP contribution in [0.3, 0.4) is 0 Å². The lowest BCUT2D eigenvalue weighted by atomic mass is 9.92. The van der Waals surface area contributed by atoms with E-state index in [0.717, 1.165) is 22.6 Å². The standard InChI is InChI=1S/C19H25NO2/c1-11(2)15-8-7-9-16(12(3)4)18(15)20-19(21)17-10-13(5)22-14(17)6/h7-12H,1-6H3,(H,20,21). The molecule has 1 heterocycles. The summed E-state index contributed by atoms with van der Waals surface area (Å²) < 4.78 is 5.47. The van der Waals surface area contributed by atoms with Gasteiger partial charge in [0.05, 0.1) is 5.56 Å². The molecule has 0 atom stereocenters. The maximum absolute atomic E-state index is 12.6. The Morgan fingerprint density at radius 2 is 1.59 bits per heavy atom. The number of furan rings is 1. The molecule has 1 amide bonds. The third-order valence-corrected chi connectivity index (χ3v) is 3.90. The Morgan fingerprint density at radius 3 is 2.00 bits per heavy atom. The number of anilines is 1. The van der Waals surface area contributed by atoms with Gasteiger partial charge < -0.3 is 9.73 Å². The predicted molar refractivity (Wildman–Crippen MR) is 90.8 cm³/mol. The van der Waals surface area contributed by atoms with Gasteiger partial charge in [-0.1, -0.05) is 45.9 Å². The summed E-state index contributed by atoms with van der Waals surface area (Å²) in [6, 6.07) is 8.02. The van der Waals surface area contributed by atoms with Gasteiger partial charge >= 0.3 is 0 Å². The minimum atomic E-state index is -0.107. The lowest BCUT2D eigenvalue weighted by Gasteiger charge is -2.20. The fraction of sp³-hybridized carbons (Fsp3) is 0.421. The van der Waals surface area contributed by atoms with E-state index < -0.39 is 0 Å². The largest absolute Gasteiger partial charge is 0.466 e. The number of hydrogen-bond donors (Lipinski definition) is 1. The Labute approximate surface area is 132 Å². The first-order chi connectivity index (χ1) is 10.3. The zero-order valence-electron chi connectivity index (χ0n) is 14.3. The molecule has 22 heavy (non-hydrogen) atoms. The fourth-order valence-corrected chi connectivity index (χ4v) is 2.73. The molecule has 0 radical (unpaired) electrons. The Hall–Kier alpha value is -2.03. The summed E-state index contributed by atoms with van der Waals surface area (Å²) >= 11 is 0. The van der Waals surface area contributed by atoms with E-state index in [2.05, 4.69) is 51.2 Å². The highest BCUT2D eigenvalue weighted by Crippen LogP contribution is 2.33. The summed E-state index contributed by atoms with van der Waals surface area (Å²) in [7, 11) is 0. The van der Waals surface area contributed by atoms with Crippen LogP contribution < -0.4 is 5.32 Å². The van der Waals surface area contributed by atoms with Crippen LogP contribution in [0.4, 0.5) is 5.69 Å². The molecule has 2 rings (SSSR count). The van der Waals surface area contributed by atoms with Crippen LogP contribution in [0.25, 0.3) is 0 Å². The Morgan fingerprint density at radius 1 is 1.05 bits per heavy atom. The maximum Gasteiger partial charge on any atom is 0.259 e. The monoisotopic (exact) mass is 299 g/mol. The van der Waals surface area contributed by atoms with E-state index in [1.54, 1.807) is 6.07 Å². The smallest absolute Gasteiger partial charge is 0.259 e. The van der Waals surface area contributed by atoms with Gasteiger partial charge in [-0.2, -0.15) is 0 Å². The molecule has 1 N–H and O–H groups in total. The maximum atomic E-state index is 12.6. The zero-order chi connectivity index (χ0) is 16.4. The van der Waals surface area contributed by atoms with Gasteiger partial charge in [0, 0.05) is 5.69 Å². The van der Waals surface area contributed by atoms with Crippen LogP contribution in [-0.2, 0) is 0 Å². The molecule has 0 unspecified atom stereocenters. The van der Waals surface area contributed by atoms with Crippen LogP contribution in [-0.4, -0.2) is 5.91 Å². The van der Waals surface area contributed by atoms with E-state index in [1.165, 1.54) is 0 Å². The third kappa shape index (κ3) is 3.24. The molecule has 0 saturated heterocycles. The van der Waals surface area contributed by atoms with Crippen LogP contribution in [0.1, 0.15) is 72.5 Å². The van der Waals surface area contributed by atoms with E-state index in [9.17, 15) is 4.79 Å². The number of hydrogen-bond acceptors (Lipinski definition) is 2. The van der Waals surface area contributed by atoms with Crippen molar-refractivity contribution in [3.63, 3.8) is 0 Å². The third-order valence-electron chi connectivity index (χ3n) is 3.90. The molecule has 118 valence electrons. The topological polar surface area (TPSA) is 42.2 Å². The van der Waals surface area contributed by atoms with Crippen LogP contribution in [0.15, 0.2) is 28.7 Å². The van der Waals surface area contributed by atoms with Crippen LogP contribution in [0.5, 0.6) is 0 Å². The number of nitrogens with one attached hydrogen (secondary N) is 1. The number of rotatable bonds is 4. The number of carbonyl (C=O) groups excluding carboxylic acids is 1. The molecule has 0 saturated carbocycles. The lowest BCUT2D eigenvalue weighted by molar-refractivity contribution is 0.102. The van der Waals surface area contributed by atoms with Gasteiger partial charge in [-0.05, 0) is 42.9 Å². The first-order valence-electron chi connectivity index (χ1n) is 7.82. The number of para-hydroxylation sites is 1. The predicted octanol–water partition coefficient (Wildman–Crippen LogP) is 5.40. The van der Waals surface area contributed by atoms with Crippen LogP contribution in [0.2, 0.25) is 0 Å². The summed E-state index contributed by atoms with van der Waals surface area (Å²) in [5, 5.41) is 3.11. The van der Waals surface area contributed by atoms with Crippen molar-refractivity contribution in [3.05, 3.63) is 52.5 Å². The first kappa shape index (κ1) is 16.3. The van der Waals surface area contributed by atoms with E-state index in [0.29, 0.717) is 23.2 Å². The number of benzene rings is 1. The summed E-state index contributed by atoms with van der Waals surface area (Å²) in [6.07, 6.45) is 0. The highest BCUT2D eigenvalue weighted by Gasteiger charge is 2.19. The molecular weight excluding hydrogens is 274 g/mol. The first-order valence-corrected chi connectivity index (χ1v) is 7.82. The van der Waals surface area contributed by atoms with Crippen molar-refractivity contribution in [2.45, 2.75) is 53.4 Å². The fourth-order valence-electron chi connectivity index (χ4n) is 2.73. The minimum absolute atomic E-state index is 0.107. The van der Waals surface area contributed by atoms with E-state index in [1.807, 2.05) is 13.8 Å². The van der Waals surface area contributed by atoms with Gasteiger partial charge in [0.15, 0.2) is 0 Å². The Kier molecular flexibility index (Phi) is 4.74. The van der Waals surface area contributed by atoms with Crippen molar-refractivity contribution in [3.8, 4) is 0 Å². The second-order valence-corrected chi connectivity index (χ2v) is 6.40. The second-order valence-electron chi connectivity index (χ2n) is 6.40. The van der Waals surface area contributed by atoms with Gasteiger partial charge in [-0.25, -0.2) is 0 Å². The summed E-state index contributed by atoms with van der Waals surface area (Å²) in [6.45, 7) is 12.2. The summed E-state index contributed by atoms with van der Waals surface area (Å²) in [5.41, 5.74) is 3.87. The van der Waals surface area contributed by atoms with E-state index in [-0.39, 0.29) is 5.91 Å². The Balaban J connectivity index is 2.43. The Bertz CT molecular complexity index is 654. The van der Waals surface area contributed by atoms with Crippen molar-refractivity contribution < 1.29 is 9.21 Å². The highest BCUT2D eigenvalue weighted by molar-refractivity contribution is 6.06. The van der Waals surface area contributed by atoms with Gasteiger partial charge in [-0.3, -0.25) is 4.79 Å². The molecular formula is C19H25NO2. The quantitative estimate of drug-likeness (QED) is 0.821. The molecule has 1 aromatic heterocycles. The SMILES string of the molecule is Cc1cc(C(=O)Nc2c(C(C)C)cccc2C(C)C)c(C)o1. The molecule has 0 fully saturated rings. The van der Waals surface area contributed by atoms with Crippen molar-refractivity contribution in [1.29, 1.82) is 0 Å². The van der Waals surface area contributed by atoms with E-state index >= 15 is 0 Å².